The van der Waals surface area contributed by atoms with Crippen molar-refractivity contribution in [1.29, 1.82) is 0 Å². The third-order valence-corrected chi connectivity index (χ3v) is 6.29. The summed E-state index contributed by atoms with van der Waals surface area (Å²) in [7, 11) is 0. The van der Waals surface area contributed by atoms with Crippen LogP contribution in [0.25, 0.3) is 0 Å². The molecule has 1 fully saturated rings. The van der Waals surface area contributed by atoms with Gasteiger partial charge in [-0.15, -0.1) is 0 Å². The van der Waals surface area contributed by atoms with Gasteiger partial charge in [-0.25, -0.2) is 4.39 Å². The van der Waals surface area contributed by atoms with Crippen LogP contribution in [0.5, 0.6) is 0 Å². The molecule has 6 heteroatoms. The van der Waals surface area contributed by atoms with Gasteiger partial charge in [-0.1, -0.05) is 61.7 Å². The summed E-state index contributed by atoms with van der Waals surface area (Å²) in [5.41, 5.74) is 1.70. The summed E-state index contributed by atoms with van der Waals surface area (Å²) in [6.07, 6.45) is 5.48. The number of carbonyl (C=O) groups excluding carboxylic acids is 2. The number of carbonyl (C=O) groups is 2. The van der Waals surface area contributed by atoms with Crippen molar-refractivity contribution in [2.75, 3.05) is 0 Å². The van der Waals surface area contributed by atoms with Gasteiger partial charge in [-0.05, 0) is 55.0 Å². The average molecular weight is 445 g/mol. The molecule has 0 radical (unpaired) electrons. The highest BCUT2D eigenvalue weighted by Gasteiger charge is 2.30. The molecule has 4 nitrogen and oxygen atoms in total. The van der Waals surface area contributed by atoms with Gasteiger partial charge in [0.15, 0.2) is 0 Å². The lowest BCUT2D eigenvalue weighted by Gasteiger charge is -2.31. The second-order valence-electron chi connectivity index (χ2n) is 8.15. The highest BCUT2D eigenvalue weighted by Crippen LogP contribution is 2.21. The van der Waals surface area contributed by atoms with Gasteiger partial charge in [-0.2, -0.15) is 0 Å². The average Bonchev–Trinajstić information content (AvgIpc) is 3.27. The van der Waals surface area contributed by atoms with Gasteiger partial charge in [-0.3, -0.25) is 9.59 Å². The highest BCUT2D eigenvalue weighted by molar-refractivity contribution is 6.31. The van der Waals surface area contributed by atoms with Gasteiger partial charge < -0.3 is 10.2 Å². The Hall–Kier alpha value is -2.40. The number of hydrogen-bond donors (Lipinski definition) is 1. The Balaban J connectivity index is 1.76. The van der Waals surface area contributed by atoms with Crippen LogP contribution in [-0.2, 0) is 22.6 Å². The Bertz CT molecular complexity index is 881. The number of rotatable bonds is 9. The summed E-state index contributed by atoms with van der Waals surface area (Å²) in [6, 6.07) is 13.2. The molecule has 1 aliphatic carbocycles. The molecular formula is C25H30ClFN2O2. The van der Waals surface area contributed by atoms with Crippen molar-refractivity contribution in [1.82, 2.24) is 10.2 Å². The normalized spacial score (nSPS) is 14.9. The minimum Gasteiger partial charge on any atom is -0.352 e. The molecule has 0 bridgehead atoms. The second-order valence-corrected chi connectivity index (χ2v) is 8.56. The van der Waals surface area contributed by atoms with E-state index < -0.39 is 6.04 Å². The number of nitrogens with zero attached hydrogens (tertiary/aromatic N) is 1. The van der Waals surface area contributed by atoms with Gasteiger partial charge in [0.25, 0.3) is 0 Å². The number of halogens is 2. The Kier molecular flexibility index (Phi) is 8.47. The zero-order valence-corrected chi connectivity index (χ0v) is 18.7. The van der Waals surface area contributed by atoms with E-state index in [-0.39, 0.29) is 36.6 Å². The predicted molar refractivity (Wildman–Crippen MR) is 121 cm³/mol. The van der Waals surface area contributed by atoms with E-state index in [1.54, 1.807) is 17.0 Å². The fraction of sp³-hybridized carbons (Fsp3) is 0.440. The molecule has 0 saturated heterocycles. The molecule has 1 saturated carbocycles. The third kappa shape index (κ3) is 6.54. The minimum atomic E-state index is -0.565. The van der Waals surface area contributed by atoms with E-state index in [0.717, 1.165) is 36.8 Å². The van der Waals surface area contributed by atoms with Crippen molar-refractivity contribution >= 4 is 23.4 Å². The molecule has 0 unspecified atom stereocenters. The fourth-order valence-corrected chi connectivity index (χ4v) is 4.39. The van der Waals surface area contributed by atoms with E-state index in [0.29, 0.717) is 17.9 Å². The largest absolute Gasteiger partial charge is 0.352 e. The molecule has 1 atom stereocenters. The quantitative estimate of drug-likeness (QED) is 0.572. The molecule has 3 rings (SSSR count). The van der Waals surface area contributed by atoms with Crippen molar-refractivity contribution in [2.45, 2.75) is 70.5 Å². The van der Waals surface area contributed by atoms with Crippen LogP contribution in [0.4, 0.5) is 4.39 Å². The van der Waals surface area contributed by atoms with Crippen LogP contribution in [0.2, 0.25) is 5.02 Å². The second kappa shape index (κ2) is 11.3. The van der Waals surface area contributed by atoms with Gasteiger partial charge in [0.05, 0.1) is 0 Å². The molecule has 166 valence electrons. The van der Waals surface area contributed by atoms with E-state index in [1.807, 2.05) is 31.2 Å². The van der Waals surface area contributed by atoms with Crippen LogP contribution in [0.3, 0.4) is 0 Å². The first kappa shape index (κ1) is 23.3. The van der Waals surface area contributed by atoms with Crippen molar-refractivity contribution in [3.8, 4) is 0 Å². The maximum atomic E-state index is 13.4. The van der Waals surface area contributed by atoms with Crippen molar-refractivity contribution in [3.05, 3.63) is 70.5 Å². The first-order valence-corrected chi connectivity index (χ1v) is 11.4. The molecule has 2 aromatic rings. The van der Waals surface area contributed by atoms with E-state index in [4.69, 9.17) is 11.6 Å². The number of nitrogens with one attached hydrogen (secondary N) is 1. The molecule has 0 aliphatic heterocycles. The van der Waals surface area contributed by atoms with Gasteiger partial charge in [0.2, 0.25) is 11.8 Å². The lowest BCUT2D eigenvalue weighted by Crippen LogP contribution is -2.51. The van der Waals surface area contributed by atoms with Crippen LogP contribution in [0.1, 0.15) is 56.6 Å². The van der Waals surface area contributed by atoms with Crippen LogP contribution in [0, 0.1) is 5.82 Å². The fourth-order valence-electron chi connectivity index (χ4n) is 4.16. The molecule has 2 aromatic carbocycles. The zero-order chi connectivity index (χ0) is 22.2. The first-order valence-electron chi connectivity index (χ1n) is 11.1. The van der Waals surface area contributed by atoms with Crippen LogP contribution < -0.4 is 5.32 Å². The number of hydrogen-bond acceptors (Lipinski definition) is 2. The Morgan fingerprint density at radius 1 is 1.13 bits per heavy atom. The number of benzene rings is 2. The molecule has 1 N–H and O–H groups in total. The minimum absolute atomic E-state index is 0.109. The van der Waals surface area contributed by atoms with E-state index in [9.17, 15) is 14.0 Å². The van der Waals surface area contributed by atoms with Gasteiger partial charge >= 0.3 is 0 Å². The molecule has 0 heterocycles. The Morgan fingerprint density at radius 2 is 1.81 bits per heavy atom. The van der Waals surface area contributed by atoms with Crippen molar-refractivity contribution in [3.63, 3.8) is 0 Å². The summed E-state index contributed by atoms with van der Waals surface area (Å²) in [6.45, 7) is 2.18. The SMILES string of the molecule is CC[C@H](C(=O)NC1CCCC1)N(Cc1ccc(F)cc1)C(=O)CCc1ccccc1Cl. The molecular weight excluding hydrogens is 415 g/mol. The topological polar surface area (TPSA) is 49.4 Å². The van der Waals surface area contributed by atoms with E-state index in [1.165, 1.54) is 12.1 Å². The van der Waals surface area contributed by atoms with Crippen molar-refractivity contribution < 1.29 is 14.0 Å². The molecule has 2 amide bonds. The zero-order valence-electron chi connectivity index (χ0n) is 17.9. The standard InChI is InChI=1S/C25H30ClFN2O2/c1-2-23(25(31)28-21-8-4-5-9-21)29(17-18-11-14-20(27)15-12-18)24(30)16-13-19-7-3-6-10-22(19)26/h3,6-7,10-12,14-15,21,23H,2,4-5,8-9,13,16-17H2,1H3,(H,28,31)/t23-/m1/s1. The molecule has 0 aromatic heterocycles. The predicted octanol–water partition coefficient (Wildman–Crippen LogP) is 5.28. The summed E-state index contributed by atoms with van der Waals surface area (Å²) in [5.74, 6) is -0.549. The van der Waals surface area contributed by atoms with E-state index >= 15 is 0 Å². The number of amides is 2. The molecule has 1 aliphatic rings. The Morgan fingerprint density at radius 3 is 2.45 bits per heavy atom. The maximum Gasteiger partial charge on any atom is 0.243 e. The Labute approximate surface area is 188 Å². The monoisotopic (exact) mass is 444 g/mol. The molecule has 31 heavy (non-hydrogen) atoms. The summed E-state index contributed by atoms with van der Waals surface area (Å²) >= 11 is 6.24. The van der Waals surface area contributed by atoms with Crippen molar-refractivity contribution in [2.24, 2.45) is 0 Å². The van der Waals surface area contributed by atoms with Crippen LogP contribution in [-0.4, -0.2) is 28.8 Å². The molecule has 0 spiro atoms. The van der Waals surface area contributed by atoms with Gasteiger partial charge in [0, 0.05) is 24.0 Å². The summed E-state index contributed by atoms with van der Waals surface area (Å²) < 4.78 is 13.4. The third-order valence-electron chi connectivity index (χ3n) is 5.92. The van der Waals surface area contributed by atoms with Crippen LogP contribution in [0.15, 0.2) is 48.5 Å². The smallest absolute Gasteiger partial charge is 0.243 e. The first-order chi connectivity index (χ1) is 15.0. The van der Waals surface area contributed by atoms with E-state index in [2.05, 4.69) is 5.32 Å². The summed E-state index contributed by atoms with van der Waals surface area (Å²) in [4.78, 5) is 28.0. The van der Waals surface area contributed by atoms with Crippen LogP contribution >= 0.6 is 11.6 Å². The summed E-state index contributed by atoms with van der Waals surface area (Å²) in [5, 5.41) is 3.76. The highest BCUT2D eigenvalue weighted by atomic mass is 35.5. The number of aryl methyl sites for hydroxylation is 1. The van der Waals surface area contributed by atoms with Gasteiger partial charge in [0.1, 0.15) is 11.9 Å². The lowest BCUT2D eigenvalue weighted by atomic mass is 10.1. The lowest BCUT2D eigenvalue weighted by molar-refractivity contribution is -0.141. The maximum absolute atomic E-state index is 13.4.